The Hall–Kier alpha value is -4.01. The van der Waals surface area contributed by atoms with Gasteiger partial charge in [0.15, 0.2) is 9.84 Å². The lowest BCUT2D eigenvalue weighted by Crippen LogP contribution is -2.31. The number of anilines is 3. The molecule has 2 aliphatic heterocycles. The molecule has 2 saturated heterocycles. The molecule has 0 bridgehead atoms. The highest BCUT2D eigenvalue weighted by Crippen LogP contribution is 2.34. The number of ether oxygens (including phenoxy) is 1. The number of hydrogen-bond donors (Lipinski definition) is 2. The molecule has 1 atom stereocenters. The van der Waals surface area contributed by atoms with Gasteiger partial charge in [0, 0.05) is 59.9 Å². The first kappa shape index (κ1) is 32.0. The van der Waals surface area contributed by atoms with Gasteiger partial charge in [-0.2, -0.15) is 18.2 Å². The summed E-state index contributed by atoms with van der Waals surface area (Å²) in [7, 11) is -1.86. The fourth-order valence-corrected chi connectivity index (χ4v) is 8.07. The van der Waals surface area contributed by atoms with Crippen molar-refractivity contribution in [2.75, 3.05) is 44.0 Å². The molecule has 10 nitrogen and oxygen atoms in total. The van der Waals surface area contributed by atoms with Crippen LogP contribution in [-0.2, 0) is 21.1 Å². The Labute approximate surface area is 264 Å². The number of nitrogens with zero attached hydrogens (tertiary/aromatic N) is 4. The van der Waals surface area contributed by atoms with Crippen molar-refractivity contribution >= 4 is 38.2 Å². The van der Waals surface area contributed by atoms with E-state index >= 15 is 0 Å². The molecule has 0 saturated carbocycles. The quantitative estimate of drug-likeness (QED) is 0.266. The van der Waals surface area contributed by atoms with Crippen LogP contribution in [0.3, 0.4) is 0 Å². The summed E-state index contributed by atoms with van der Waals surface area (Å²) in [4.78, 5) is 24.6. The fourth-order valence-electron chi connectivity index (χ4n) is 6.06. The van der Waals surface area contributed by atoms with E-state index in [1.54, 1.807) is 25.1 Å². The zero-order valence-electron chi connectivity index (χ0n) is 25.5. The first-order chi connectivity index (χ1) is 21.9. The van der Waals surface area contributed by atoms with E-state index in [2.05, 4.69) is 32.5 Å². The molecule has 6 rings (SSSR count). The number of aromatic nitrogens is 3. The second-order valence-electron chi connectivity index (χ2n) is 12.0. The van der Waals surface area contributed by atoms with Crippen LogP contribution in [0.15, 0.2) is 64.4 Å². The average Bonchev–Trinajstić information content (AvgIpc) is 3.43. The van der Waals surface area contributed by atoms with Gasteiger partial charge in [-0.3, -0.25) is 9.36 Å². The zero-order valence-corrected chi connectivity index (χ0v) is 26.3. The lowest BCUT2D eigenvalue weighted by molar-refractivity contribution is -0.140. The van der Waals surface area contributed by atoms with Gasteiger partial charge in [0.2, 0.25) is 5.95 Å². The first-order valence-electron chi connectivity index (χ1n) is 15.1. The lowest BCUT2D eigenvalue weighted by Gasteiger charge is -2.24. The summed E-state index contributed by atoms with van der Waals surface area (Å²) in [6.45, 7) is 2.65. The minimum Gasteiger partial charge on any atom is -0.381 e. The second-order valence-corrected chi connectivity index (χ2v) is 14.2. The molecule has 2 N–H and O–H groups in total. The molecule has 2 aromatic heterocycles. The molecule has 0 spiro atoms. The van der Waals surface area contributed by atoms with Gasteiger partial charge in [0.1, 0.15) is 12.2 Å². The minimum absolute atomic E-state index is 0.00632. The number of halogens is 3. The monoisotopic (exact) mass is 656 g/mol. The number of alkyl halides is 3. The number of likely N-dealkylation sites (N-methyl/N-ethyl adjacent to an activating group) is 1. The third kappa shape index (κ3) is 6.88. The molecule has 0 aliphatic carbocycles. The van der Waals surface area contributed by atoms with Crippen LogP contribution in [-0.4, -0.2) is 78.7 Å². The van der Waals surface area contributed by atoms with Crippen molar-refractivity contribution in [3.63, 3.8) is 0 Å². The van der Waals surface area contributed by atoms with Crippen LogP contribution in [0.1, 0.15) is 24.8 Å². The summed E-state index contributed by atoms with van der Waals surface area (Å²) in [5.74, 6) is 0.00632. The van der Waals surface area contributed by atoms with E-state index in [9.17, 15) is 26.4 Å². The number of nitrogens with one attached hydrogen (secondary N) is 2. The third-order valence-corrected chi connectivity index (χ3v) is 10.7. The highest BCUT2D eigenvalue weighted by atomic mass is 32.2. The Morgan fingerprint density at radius 1 is 1.00 bits per heavy atom. The average molecular weight is 657 g/mol. The van der Waals surface area contributed by atoms with Crippen LogP contribution < -0.4 is 16.2 Å². The molecule has 4 aromatic rings. The van der Waals surface area contributed by atoms with E-state index in [-0.39, 0.29) is 59.1 Å². The summed E-state index contributed by atoms with van der Waals surface area (Å²) in [5.41, 5.74) is 0.814. The Morgan fingerprint density at radius 2 is 1.72 bits per heavy atom. The molecule has 46 heavy (non-hydrogen) atoms. The normalized spacial score (nSPS) is 18.2. The van der Waals surface area contributed by atoms with Gasteiger partial charge in [0.05, 0.1) is 10.1 Å². The van der Waals surface area contributed by atoms with Gasteiger partial charge in [-0.25, -0.2) is 13.4 Å². The van der Waals surface area contributed by atoms with Crippen molar-refractivity contribution in [3.8, 4) is 11.1 Å². The Kier molecular flexibility index (Phi) is 8.79. The smallest absolute Gasteiger partial charge is 0.381 e. The van der Waals surface area contributed by atoms with E-state index in [0.29, 0.717) is 21.9 Å². The number of pyridine rings is 1. The molecule has 244 valence electrons. The summed E-state index contributed by atoms with van der Waals surface area (Å²) < 4.78 is 75.0. The molecule has 0 amide bonds. The van der Waals surface area contributed by atoms with Gasteiger partial charge >= 0.3 is 6.18 Å². The van der Waals surface area contributed by atoms with E-state index < -0.39 is 33.4 Å². The van der Waals surface area contributed by atoms with Crippen molar-refractivity contribution in [1.29, 1.82) is 0 Å². The number of fused-ring (bicyclic) bond motifs is 1. The fraction of sp³-hybridized carbons (Fsp3) is 0.406. The topological polar surface area (TPSA) is 118 Å². The molecule has 2 fully saturated rings. The van der Waals surface area contributed by atoms with E-state index in [0.717, 1.165) is 25.2 Å². The van der Waals surface area contributed by atoms with Crippen LogP contribution in [0.5, 0.6) is 0 Å². The predicted molar refractivity (Wildman–Crippen MR) is 170 cm³/mol. The largest absolute Gasteiger partial charge is 0.406 e. The number of rotatable bonds is 8. The molecule has 14 heteroatoms. The maximum Gasteiger partial charge on any atom is 0.406 e. The Morgan fingerprint density at radius 3 is 2.39 bits per heavy atom. The molecular formula is C32H35F3N6O4S. The van der Waals surface area contributed by atoms with Crippen molar-refractivity contribution in [2.24, 2.45) is 0 Å². The van der Waals surface area contributed by atoms with Crippen molar-refractivity contribution in [2.45, 2.75) is 55.1 Å². The summed E-state index contributed by atoms with van der Waals surface area (Å²) >= 11 is 0. The number of aryl methyl sites for hydroxylation is 1. The Bertz CT molecular complexity index is 1910. The maximum absolute atomic E-state index is 13.9. The van der Waals surface area contributed by atoms with E-state index in [1.165, 1.54) is 24.4 Å². The highest BCUT2D eigenvalue weighted by molar-refractivity contribution is 7.92. The van der Waals surface area contributed by atoms with Gasteiger partial charge < -0.3 is 20.3 Å². The number of benzene rings is 2. The Balaban J connectivity index is 1.37. The van der Waals surface area contributed by atoms with Crippen LogP contribution in [0.25, 0.3) is 22.2 Å². The van der Waals surface area contributed by atoms with Crippen LogP contribution >= 0.6 is 0 Å². The summed E-state index contributed by atoms with van der Waals surface area (Å²) in [5, 5.41) is 5.92. The predicted octanol–water partition coefficient (Wildman–Crippen LogP) is 5.14. The minimum atomic E-state index is -4.75. The van der Waals surface area contributed by atoms with Gasteiger partial charge in [-0.15, -0.1) is 0 Å². The van der Waals surface area contributed by atoms with Gasteiger partial charge in [-0.05, 0) is 81.7 Å². The van der Waals surface area contributed by atoms with Crippen molar-refractivity contribution in [3.05, 3.63) is 70.6 Å². The number of sulfone groups is 1. The summed E-state index contributed by atoms with van der Waals surface area (Å²) in [6, 6.07) is 13.7. The molecule has 0 radical (unpaired) electrons. The molecular weight excluding hydrogens is 621 g/mol. The van der Waals surface area contributed by atoms with Gasteiger partial charge in [-0.1, -0.05) is 12.1 Å². The molecule has 1 unspecified atom stereocenters. The third-order valence-electron chi connectivity index (χ3n) is 8.41. The van der Waals surface area contributed by atoms with E-state index in [4.69, 9.17) is 4.74 Å². The maximum atomic E-state index is 13.9. The van der Waals surface area contributed by atoms with Crippen molar-refractivity contribution < 1.29 is 26.3 Å². The van der Waals surface area contributed by atoms with E-state index in [1.807, 2.05) is 12.1 Å². The first-order valence-corrected chi connectivity index (χ1v) is 16.6. The van der Waals surface area contributed by atoms with Crippen molar-refractivity contribution in [1.82, 2.24) is 19.4 Å². The standard InChI is InChI=1S/C32H35F3N6O4S/c1-20-3-8-26(28(15-20)46(43,44)25-10-13-45-14-11-25)27-16-21-17-36-31(39-29(21)41(30(27)42)19-32(33,34)35)38-23-6-4-22(5-7-23)37-24-9-12-40(2)18-24/h3-8,15-17,24-25,37H,9-14,18-19H2,1-2H3,(H,36,38,39). The van der Waals surface area contributed by atoms with Gasteiger partial charge in [0.25, 0.3) is 5.56 Å². The van der Waals surface area contributed by atoms with Crippen LogP contribution in [0, 0.1) is 6.92 Å². The number of hydrogen-bond acceptors (Lipinski definition) is 9. The SMILES string of the molecule is Cc1ccc(-c2cc3cnc(Nc4ccc(NC5CCN(C)C5)cc4)nc3n(CC(F)(F)F)c2=O)c(S(=O)(=O)C2CCOCC2)c1. The van der Waals surface area contributed by atoms with Crippen LogP contribution in [0.2, 0.25) is 0 Å². The zero-order chi connectivity index (χ0) is 32.6. The highest BCUT2D eigenvalue weighted by Gasteiger charge is 2.34. The van der Waals surface area contributed by atoms with Crippen LogP contribution in [0.4, 0.5) is 30.5 Å². The molecule has 2 aliphatic rings. The number of likely N-dealkylation sites (tertiary alicyclic amines) is 1. The summed E-state index contributed by atoms with van der Waals surface area (Å²) in [6.07, 6.45) is -1.82. The molecule has 4 heterocycles. The lowest BCUT2D eigenvalue weighted by atomic mass is 10.0. The molecule has 2 aromatic carbocycles. The second kappa shape index (κ2) is 12.6.